The van der Waals surface area contributed by atoms with Crippen molar-refractivity contribution in [1.82, 2.24) is 14.5 Å². The number of aromatic nitrogens is 2. The van der Waals surface area contributed by atoms with Gasteiger partial charge in [-0.05, 0) is 43.2 Å². The molecule has 0 aliphatic rings. The molecule has 2 rings (SSSR count). The first-order valence-corrected chi connectivity index (χ1v) is 6.57. The second-order valence-electron chi connectivity index (χ2n) is 4.43. The van der Waals surface area contributed by atoms with E-state index < -0.39 is 0 Å². The van der Waals surface area contributed by atoms with Gasteiger partial charge in [-0.15, -0.1) is 0 Å². The predicted molar refractivity (Wildman–Crippen MR) is 74.6 cm³/mol. The maximum Gasteiger partial charge on any atom is 0.242 e. The first-order chi connectivity index (χ1) is 9.29. The van der Waals surface area contributed by atoms with Crippen LogP contribution in [0.4, 0.5) is 0 Å². The quantitative estimate of drug-likeness (QED) is 0.793. The molecule has 0 aliphatic carbocycles. The molecule has 0 saturated carbocycles. The topological polar surface area (TPSA) is 38.1 Å². The number of hydrogen-bond acceptors (Lipinski definition) is 2. The summed E-state index contributed by atoms with van der Waals surface area (Å²) < 4.78 is 1.90. The van der Waals surface area contributed by atoms with Crippen LogP contribution in [0.25, 0.3) is 0 Å². The monoisotopic (exact) mass is 257 g/mol. The molecular weight excluding hydrogens is 238 g/mol. The Morgan fingerprint density at radius 1 is 1.26 bits per heavy atom. The van der Waals surface area contributed by atoms with Gasteiger partial charge in [0, 0.05) is 37.9 Å². The zero-order valence-electron chi connectivity index (χ0n) is 11.2. The molecule has 0 saturated heterocycles. The number of pyridine rings is 1. The number of carbonyl (C=O) groups excluding carboxylic acids is 1. The van der Waals surface area contributed by atoms with E-state index in [0.29, 0.717) is 6.54 Å². The van der Waals surface area contributed by atoms with E-state index in [1.165, 1.54) is 5.56 Å². The van der Waals surface area contributed by atoms with Gasteiger partial charge in [0.2, 0.25) is 5.91 Å². The highest BCUT2D eigenvalue weighted by Crippen LogP contribution is 2.02. The first-order valence-electron chi connectivity index (χ1n) is 6.57. The van der Waals surface area contributed by atoms with Crippen molar-refractivity contribution in [3.63, 3.8) is 0 Å². The van der Waals surface area contributed by atoms with Gasteiger partial charge in [0.1, 0.15) is 6.54 Å². The largest absolute Gasteiger partial charge is 0.345 e. The Morgan fingerprint density at radius 2 is 1.95 bits per heavy atom. The molecule has 0 aromatic carbocycles. The molecule has 2 heterocycles. The second-order valence-corrected chi connectivity index (χ2v) is 4.43. The van der Waals surface area contributed by atoms with Crippen LogP contribution in [0.5, 0.6) is 0 Å². The third-order valence-corrected chi connectivity index (χ3v) is 3.14. The van der Waals surface area contributed by atoms with Gasteiger partial charge in [0.25, 0.3) is 0 Å². The minimum absolute atomic E-state index is 0.160. The van der Waals surface area contributed by atoms with E-state index in [-0.39, 0.29) is 5.91 Å². The van der Waals surface area contributed by atoms with Crippen molar-refractivity contribution < 1.29 is 4.79 Å². The number of likely N-dealkylation sites (N-methyl/N-ethyl adjacent to an activating group) is 1. The lowest BCUT2D eigenvalue weighted by Crippen LogP contribution is -2.35. The van der Waals surface area contributed by atoms with Gasteiger partial charge in [0.05, 0.1) is 0 Å². The van der Waals surface area contributed by atoms with Crippen LogP contribution in [0.1, 0.15) is 12.5 Å². The van der Waals surface area contributed by atoms with Gasteiger partial charge in [-0.25, -0.2) is 0 Å². The summed E-state index contributed by atoms with van der Waals surface area (Å²) in [5.74, 6) is 0.160. The van der Waals surface area contributed by atoms with Crippen molar-refractivity contribution in [1.29, 1.82) is 0 Å². The number of rotatable bonds is 6. The third kappa shape index (κ3) is 3.95. The molecule has 0 bridgehead atoms. The Morgan fingerprint density at radius 3 is 2.58 bits per heavy atom. The number of carbonyl (C=O) groups is 1. The second kappa shape index (κ2) is 6.73. The van der Waals surface area contributed by atoms with E-state index in [1.54, 1.807) is 12.4 Å². The molecule has 0 radical (unpaired) electrons. The maximum absolute atomic E-state index is 12.2. The molecule has 100 valence electrons. The van der Waals surface area contributed by atoms with Crippen molar-refractivity contribution in [3.8, 4) is 0 Å². The normalized spacial score (nSPS) is 10.4. The van der Waals surface area contributed by atoms with Crippen molar-refractivity contribution in [2.45, 2.75) is 19.9 Å². The lowest BCUT2D eigenvalue weighted by molar-refractivity contribution is -0.131. The smallest absolute Gasteiger partial charge is 0.242 e. The minimum atomic E-state index is 0.160. The summed E-state index contributed by atoms with van der Waals surface area (Å²) in [5.41, 5.74) is 1.21. The van der Waals surface area contributed by atoms with Crippen LogP contribution in [0, 0.1) is 0 Å². The standard InChI is InChI=1S/C15H19N3O/c1-2-18(12-7-14-5-8-16-9-6-14)15(19)13-17-10-3-4-11-17/h3-6,8-11H,2,7,12-13H2,1H3. The van der Waals surface area contributed by atoms with Crippen LogP contribution < -0.4 is 0 Å². The Kier molecular flexibility index (Phi) is 4.72. The highest BCUT2D eigenvalue weighted by Gasteiger charge is 2.11. The predicted octanol–water partition coefficient (Wildman–Crippen LogP) is 1.97. The van der Waals surface area contributed by atoms with Crippen molar-refractivity contribution in [2.75, 3.05) is 13.1 Å². The molecule has 19 heavy (non-hydrogen) atoms. The number of nitrogens with zero attached hydrogens (tertiary/aromatic N) is 3. The van der Waals surface area contributed by atoms with Crippen LogP contribution in [-0.2, 0) is 17.8 Å². The first kappa shape index (κ1) is 13.3. The molecule has 0 fully saturated rings. The zero-order valence-corrected chi connectivity index (χ0v) is 11.2. The van der Waals surface area contributed by atoms with Gasteiger partial charge in [-0.3, -0.25) is 9.78 Å². The molecule has 0 aliphatic heterocycles. The molecule has 2 aromatic heterocycles. The summed E-state index contributed by atoms with van der Waals surface area (Å²) in [4.78, 5) is 18.0. The van der Waals surface area contributed by atoms with E-state index in [2.05, 4.69) is 4.98 Å². The fraction of sp³-hybridized carbons (Fsp3) is 0.333. The summed E-state index contributed by atoms with van der Waals surface area (Å²) in [5, 5.41) is 0. The van der Waals surface area contributed by atoms with Gasteiger partial charge < -0.3 is 9.47 Å². The van der Waals surface area contributed by atoms with Gasteiger partial charge in [-0.1, -0.05) is 0 Å². The van der Waals surface area contributed by atoms with Crippen LogP contribution in [0.15, 0.2) is 49.1 Å². The Balaban J connectivity index is 1.87. The maximum atomic E-state index is 12.2. The fourth-order valence-corrected chi connectivity index (χ4v) is 2.00. The Hall–Kier alpha value is -2.10. The van der Waals surface area contributed by atoms with Crippen molar-refractivity contribution >= 4 is 5.91 Å². The van der Waals surface area contributed by atoms with E-state index in [4.69, 9.17) is 0 Å². The van der Waals surface area contributed by atoms with E-state index in [9.17, 15) is 4.79 Å². The molecule has 0 N–H and O–H groups in total. The minimum Gasteiger partial charge on any atom is -0.345 e. The number of hydrogen-bond donors (Lipinski definition) is 0. The molecule has 4 heteroatoms. The molecule has 0 spiro atoms. The zero-order chi connectivity index (χ0) is 13.5. The molecule has 0 unspecified atom stereocenters. The molecule has 2 aromatic rings. The Bertz CT molecular complexity index is 493. The van der Waals surface area contributed by atoms with Crippen LogP contribution in [0.2, 0.25) is 0 Å². The highest BCUT2D eigenvalue weighted by molar-refractivity contribution is 5.76. The average molecular weight is 257 g/mol. The lowest BCUT2D eigenvalue weighted by atomic mass is 10.2. The summed E-state index contributed by atoms with van der Waals surface area (Å²) in [7, 11) is 0. The van der Waals surface area contributed by atoms with Crippen molar-refractivity contribution in [2.24, 2.45) is 0 Å². The van der Waals surface area contributed by atoms with Crippen LogP contribution in [-0.4, -0.2) is 33.4 Å². The van der Waals surface area contributed by atoms with Gasteiger partial charge >= 0.3 is 0 Å². The number of amides is 1. The van der Waals surface area contributed by atoms with Crippen LogP contribution in [0.3, 0.4) is 0 Å². The summed E-state index contributed by atoms with van der Waals surface area (Å²) in [6.07, 6.45) is 8.26. The van der Waals surface area contributed by atoms with Crippen molar-refractivity contribution in [3.05, 3.63) is 54.6 Å². The summed E-state index contributed by atoms with van der Waals surface area (Å²) in [6, 6.07) is 7.84. The third-order valence-electron chi connectivity index (χ3n) is 3.14. The molecular formula is C15H19N3O. The molecule has 4 nitrogen and oxygen atoms in total. The molecule has 0 atom stereocenters. The van der Waals surface area contributed by atoms with E-state index in [1.807, 2.05) is 53.0 Å². The molecule has 1 amide bonds. The average Bonchev–Trinajstić information content (AvgIpc) is 2.93. The van der Waals surface area contributed by atoms with E-state index in [0.717, 1.165) is 19.5 Å². The van der Waals surface area contributed by atoms with Crippen LogP contribution >= 0.6 is 0 Å². The van der Waals surface area contributed by atoms with E-state index >= 15 is 0 Å². The highest BCUT2D eigenvalue weighted by atomic mass is 16.2. The lowest BCUT2D eigenvalue weighted by Gasteiger charge is -2.21. The SMILES string of the molecule is CCN(CCc1ccncc1)C(=O)Cn1cccc1. The fourth-order valence-electron chi connectivity index (χ4n) is 2.00. The summed E-state index contributed by atoms with van der Waals surface area (Å²) in [6.45, 7) is 3.92. The Labute approximate surface area is 113 Å². The van der Waals surface area contributed by atoms with Gasteiger partial charge in [0.15, 0.2) is 0 Å². The van der Waals surface area contributed by atoms with Gasteiger partial charge in [-0.2, -0.15) is 0 Å². The summed E-state index contributed by atoms with van der Waals surface area (Å²) >= 11 is 0.